The third-order valence-electron chi connectivity index (χ3n) is 5.07. The molecular weight excluding hydrogens is 324 g/mol. The number of nitrogens with zero attached hydrogens (tertiary/aromatic N) is 2. The number of nitrogens with one attached hydrogen (secondary N) is 2. The van der Waals surface area contributed by atoms with Crippen molar-refractivity contribution in [2.45, 2.75) is 39.3 Å². The van der Waals surface area contributed by atoms with E-state index in [2.05, 4.69) is 57.8 Å². The molecule has 0 spiro atoms. The lowest BCUT2D eigenvalue weighted by molar-refractivity contribution is 0.213. The van der Waals surface area contributed by atoms with E-state index in [9.17, 15) is 0 Å². The Kier molecular flexibility index (Phi) is 6.34. The summed E-state index contributed by atoms with van der Waals surface area (Å²) in [5.74, 6) is 2.82. The maximum Gasteiger partial charge on any atom is 0.191 e. The summed E-state index contributed by atoms with van der Waals surface area (Å²) >= 11 is 0. The van der Waals surface area contributed by atoms with Gasteiger partial charge < -0.3 is 15.1 Å². The van der Waals surface area contributed by atoms with Crippen molar-refractivity contribution in [1.29, 1.82) is 0 Å². The molecule has 26 heavy (non-hydrogen) atoms. The van der Waals surface area contributed by atoms with Crippen LogP contribution < -0.4 is 10.6 Å². The highest BCUT2D eigenvalue weighted by Gasteiger charge is 2.26. The number of aryl methyl sites for hydroxylation is 2. The zero-order chi connectivity index (χ0) is 18.4. The Hall–Kier alpha value is -2.27. The van der Waals surface area contributed by atoms with Crippen molar-refractivity contribution in [3.63, 3.8) is 0 Å². The van der Waals surface area contributed by atoms with Gasteiger partial charge in [0.2, 0.25) is 0 Å². The summed E-state index contributed by atoms with van der Waals surface area (Å²) in [6.07, 6.45) is 2.52. The van der Waals surface area contributed by atoms with Crippen LogP contribution in [0, 0.1) is 13.8 Å². The number of hydrogen-bond donors (Lipinski definition) is 2. The van der Waals surface area contributed by atoms with Crippen molar-refractivity contribution in [2.75, 3.05) is 26.7 Å². The number of rotatable bonds is 6. The maximum atomic E-state index is 5.93. The van der Waals surface area contributed by atoms with Gasteiger partial charge in [0.15, 0.2) is 5.96 Å². The lowest BCUT2D eigenvalue weighted by Gasteiger charge is -2.27. The van der Waals surface area contributed by atoms with E-state index < -0.39 is 0 Å². The molecule has 1 saturated heterocycles. The molecule has 0 amide bonds. The van der Waals surface area contributed by atoms with Crippen molar-refractivity contribution in [2.24, 2.45) is 4.99 Å². The molecule has 5 heteroatoms. The number of furan rings is 1. The van der Waals surface area contributed by atoms with Crippen LogP contribution in [0.25, 0.3) is 0 Å². The molecule has 2 N–H and O–H groups in total. The molecule has 0 aliphatic carbocycles. The molecule has 1 atom stereocenters. The number of hydrogen-bond acceptors (Lipinski definition) is 3. The third-order valence-corrected chi connectivity index (χ3v) is 5.07. The van der Waals surface area contributed by atoms with Gasteiger partial charge in [-0.1, -0.05) is 24.3 Å². The van der Waals surface area contributed by atoms with E-state index >= 15 is 0 Å². The number of likely N-dealkylation sites (tertiary alicyclic amines) is 1. The standard InChI is InChI=1S/C21H30N4O/c1-16-8-4-5-9-18(16)14-23-21(22-3)24-15-19(25-12-6-7-13-25)20-11-10-17(2)26-20/h4-5,8-11,19H,6-7,12-15H2,1-3H3,(H2,22,23,24). The number of aliphatic imine (C=N–C) groups is 1. The fourth-order valence-corrected chi connectivity index (χ4v) is 3.50. The van der Waals surface area contributed by atoms with E-state index in [1.54, 1.807) is 0 Å². The normalized spacial score (nSPS) is 16.7. The van der Waals surface area contributed by atoms with Crippen LogP contribution in [0.15, 0.2) is 45.8 Å². The van der Waals surface area contributed by atoms with E-state index in [1.165, 1.54) is 24.0 Å². The number of benzene rings is 1. The molecule has 1 aliphatic heterocycles. The number of guanidine groups is 1. The quantitative estimate of drug-likeness (QED) is 0.617. The first kappa shape index (κ1) is 18.5. The Labute approximate surface area is 156 Å². The van der Waals surface area contributed by atoms with Crippen molar-refractivity contribution in [3.8, 4) is 0 Å². The Morgan fingerprint density at radius 1 is 1.12 bits per heavy atom. The van der Waals surface area contributed by atoms with Crippen LogP contribution in [-0.2, 0) is 6.54 Å². The van der Waals surface area contributed by atoms with Gasteiger partial charge in [0.05, 0.1) is 6.04 Å². The highest BCUT2D eigenvalue weighted by atomic mass is 16.3. The Bertz CT molecular complexity index is 731. The van der Waals surface area contributed by atoms with Crippen LogP contribution in [0.5, 0.6) is 0 Å². The summed E-state index contributed by atoms with van der Waals surface area (Å²) in [7, 11) is 1.81. The minimum Gasteiger partial charge on any atom is -0.465 e. The van der Waals surface area contributed by atoms with Gasteiger partial charge in [-0.3, -0.25) is 9.89 Å². The van der Waals surface area contributed by atoms with Crippen LogP contribution in [0.3, 0.4) is 0 Å². The third kappa shape index (κ3) is 4.67. The lowest BCUT2D eigenvalue weighted by atomic mass is 10.1. The van der Waals surface area contributed by atoms with Gasteiger partial charge in [-0.05, 0) is 63.0 Å². The fourth-order valence-electron chi connectivity index (χ4n) is 3.50. The summed E-state index contributed by atoms with van der Waals surface area (Å²) < 4.78 is 5.93. The Morgan fingerprint density at radius 2 is 1.88 bits per heavy atom. The van der Waals surface area contributed by atoms with Crippen LogP contribution in [0.2, 0.25) is 0 Å². The van der Waals surface area contributed by atoms with Crippen LogP contribution in [-0.4, -0.2) is 37.5 Å². The molecule has 1 aromatic carbocycles. The Morgan fingerprint density at radius 3 is 2.54 bits per heavy atom. The first-order valence-corrected chi connectivity index (χ1v) is 9.47. The highest BCUT2D eigenvalue weighted by Crippen LogP contribution is 2.26. The molecule has 0 bridgehead atoms. The molecular formula is C21H30N4O. The van der Waals surface area contributed by atoms with E-state index in [0.717, 1.165) is 43.7 Å². The summed E-state index contributed by atoms with van der Waals surface area (Å²) in [6.45, 7) is 7.93. The second-order valence-corrected chi connectivity index (χ2v) is 6.94. The molecule has 1 fully saturated rings. The zero-order valence-electron chi connectivity index (χ0n) is 16.1. The molecule has 5 nitrogen and oxygen atoms in total. The molecule has 2 heterocycles. The van der Waals surface area contributed by atoms with Crippen LogP contribution in [0.1, 0.15) is 41.5 Å². The molecule has 0 saturated carbocycles. The second-order valence-electron chi connectivity index (χ2n) is 6.94. The van der Waals surface area contributed by atoms with Crippen LogP contribution >= 0.6 is 0 Å². The lowest BCUT2D eigenvalue weighted by Crippen LogP contribution is -2.42. The minimum atomic E-state index is 0.239. The highest BCUT2D eigenvalue weighted by molar-refractivity contribution is 5.79. The zero-order valence-corrected chi connectivity index (χ0v) is 16.1. The predicted octanol–water partition coefficient (Wildman–Crippen LogP) is 3.40. The van der Waals surface area contributed by atoms with E-state index in [0.29, 0.717) is 0 Å². The predicted molar refractivity (Wildman–Crippen MR) is 106 cm³/mol. The summed E-state index contributed by atoms with van der Waals surface area (Å²) in [4.78, 5) is 6.88. The van der Waals surface area contributed by atoms with Gasteiger partial charge in [0.1, 0.15) is 11.5 Å². The van der Waals surface area contributed by atoms with Crippen molar-refractivity contribution in [3.05, 3.63) is 59.0 Å². The van der Waals surface area contributed by atoms with Crippen LogP contribution in [0.4, 0.5) is 0 Å². The summed E-state index contributed by atoms with van der Waals surface area (Å²) in [6, 6.07) is 12.8. The average Bonchev–Trinajstić information content (AvgIpc) is 3.31. The fraction of sp³-hybridized carbons (Fsp3) is 0.476. The van der Waals surface area contributed by atoms with Gasteiger partial charge in [0.25, 0.3) is 0 Å². The second kappa shape index (κ2) is 8.90. The summed E-state index contributed by atoms with van der Waals surface area (Å²) in [5, 5.41) is 6.90. The van der Waals surface area contributed by atoms with Gasteiger partial charge in [0, 0.05) is 20.1 Å². The average molecular weight is 354 g/mol. The first-order valence-electron chi connectivity index (χ1n) is 9.47. The van der Waals surface area contributed by atoms with E-state index in [1.807, 2.05) is 20.0 Å². The Balaban J connectivity index is 1.60. The van der Waals surface area contributed by atoms with Crippen molar-refractivity contribution < 1.29 is 4.42 Å². The van der Waals surface area contributed by atoms with Gasteiger partial charge in [-0.2, -0.15) is 0 Å². The SMILES string of the molecule is CN=C(NCc1ccccc1C)NCC(c1ccc(C)o1)N1CCCC1. The van der Waals surface area contributed by atoms with Gasteiger partial charge in [-0.15, -0.1) is 0 Å². The monoisotopic (exact) mass is 354 g/mol. The molecule has 140 valence electrons. The first-order chi connectivity index (χ1) is 12.7. The summed E-state index contributed by atoms with van der Waals surface area (Å²) in [5.41, 5.74) is 2.57. The van der Waals surface area contributed by atoms with Gasteiger partial charge >= 0.3 is 0 Å². The molecule has 1 unspecified atom stereocenters. The van der Waals surface area contributed by atoms with E-state index in [-0.39, 0.29) is 6.04 Å². The van der Waals surface area contributed by atoms with Crippen molar-refractivity contribution >= 4 is 5.96 Å². The molecule has 1 aliphatic rings. The molecule has 0 radical (unpaired) electrons. The topological polar surface area (TPSA) is 52.8 Å². The van der Waals surface area contributed by atoms with E-state index in [4.69, 9.17) is 4.42 Å². The van der Waals surface area contributed by atoms with Gasteiger partial charge in [-0.25, -0.2) is 0 Å². The van der Waals surface area contributed by atoms with Crippen molar-refractivity contribution in [1.82, 2.24) is 15.5 Å². The largest absolute Gasteiger partial charge is 0.465 e. The molecule has 3 rings (SSSR count). The minimum absolute atomic E-state index is 0.239. The smallest absolute Gasteiger partial charge is 0.191 e. The maximum absolute atomic E-state index is 5.93. The molecule has 2 aromatic rings. The molecule has 1 aromatic heterocycles.